The summed E-state index contributed by atoms with van der Waals surface area (Å²) in [6.45, 7) is 3.92. The number of aromatic nitrogens is 2. The molecule has 41 heavy (non-hydrogen) atoms. The summed E-state index contributed by atoms with van der Waals surface area (Å²) < 4.78 is 26.7. The van der Waals surface area contributed by atoms with Crippen molar-refractivity contribution in [3.8, 4) is 17.0 Å². The largest absolute Gasteiger partial charge is 0.493 e. The third-order valence-corrected chi connectivity index (χ3v) is 8.09. The maximum Gasteiger partial charge on any atom is 0.407 e. The van der Waals surface area contributed by atoms with Crippen molar-refractivity contribution in [2.24, 2.45) is 0 Å². The van der Waals surface area contributed by atoms with Gasteiger partial charge >= 0.3 is 6.09 Å². The van der Waals surface area contributed by atoms with Gasteiger partial charge in [-0.1, -0.05) is 49.2 Å². The third-order valence-electron chi connectivity index (χ3n) is 8.09. The maximum atomic E-state index is 14.2. The van der Waals surface area contributed by atoms with Crippen LogP contribution in [0.3, 0.4) is 0 Å². The molecule has 0 unspecified atom stereocenters. The molecule has 1 aliphatic heterocycles. The van der Waals surface area contributed by atoms with Gasteiger partial charge in [-0.2, -0.15) is 0 Å². The highest BCUT2D eigenvalue weighted by Gasteiger charge is 2.35. The van der Waals surface area contributed by atoms with Gasteiger partial charge in [-0.3, -0.25) is 4.79 Å². The number of amides is 2. The first kappa shape index (κ1) is 28.6. The van der Waals surface area contributed by atoms with Crippen LogP contribution in [0.1, 0.15) is 54.2 Å². The van der Waals surface area contributed by atoms with Crippen LogP contribution in [-0.2, 0) is 4.74 Å². The second kappa shape index (κ2) is 13.2. The molecule has 2 amide bonds. The van der Waals surface area contributed by atoms with Crippen molar-refractivity contribution >= 4 is 12.0 Å². The van der Waals surface area contributed by atoms with E-state index in [0.717, 1.165) is 36.9 Å². The highest BCUT2D eigenvalue weighted by atomic mass is 19.1. The zero-order valence-electron chi connectivity index (χ0n) is 23.6. The topological polar surface area (TPSA) is 97.7 Å². The number of ether oxygens (including phenoxy) is 2. The SMILES string of the molecule is COC(=O)N[C@H]1CCCC[C@@H]1n1cnc(C(=O)N2CCNC[C@H]2CCOc2ccc(C)c(F)c2)c1-c1ccccc1. The minimum absolute atomic E-state index is 0.0609. The molecule has 0 radical (unpaired) electrons. The average Bonchev–Trinajstić information content (AvgIpc) is 3.44. The summed E-state index contributed by atoms with van der Waals surface area (Å²) in [6, 6.07) is 14.4. The lowest BCUT2D eigenvalue weighted by molar-refractivity contribution is 0.0601. The van der Waals surface area contributed by atoms with E-state index in [2.05, 4.69) is 15.2 Å². The van der Waals surface area contributed by atoms with E-state index in [1.54, 1.807) is 25.4 Å². The van der Waals surface area contributed by atoms with Gasteiger partial charge < -0.3 is 29.6 Å². The number of rotatable bonds is 8. The summed E-state index contributed by atoms with van der Waals surface area (Å²) in [6.07, 6.45) is 5.56. The number of piperazine rings is 1. The fourth-order valence-electron chi connectivity index (χ4n) is 5.87. The fraction of sp³-hybridized carbons (Fsp3) is 0.452. The standard InChI is InChI=1S/C31H38FN5O4/c1-21-12-13-24(18-25(21)32)41-17-14-23-19-33-15-16-36(23)30(38)28-29(22-8-4-3-5-9-22)37(20-34-28)27-11-7-6-10-26(27)35-31(39)40-2/h3-5,8-9,12-13,18,20,23,26-27,33H,6-7,10-11,14-17,19H2,1-2H3,(H,35,39)/t23-,26+,27+/m1/s1. The van der Waals surface area contributed by atoms with Gasteiger partial charge in [0.1, 0.15) is 11.6 Å². The van der Waals surface area contributed by atoms with Crippen LogP contribution in [0.25, 0.3) is 11.3 Å². The first-order valence-corrected chi connectivity index (χ1v) is 14.3. The fourth-order valence-corrected chi connectivity index (χ4v) is 5.87. The molecule has 2 N–H and O–H groups in total. The number of alkyl carbamates (subject to hydrolysis) is 1. The maximum absolute atomic E-state index is 14.2. The summed E-state index contributed by atoms with van der Waals surface area (Å²) in [5.74, 6) is 0.0379. The third kappa shape index (κ3) is 6.53. The van der Waals surface area contributed by atoms with Crippen molar-refractivity contribution in [3.05, 3.63) is 71.9 Å². The molecule has 218 valence electrons. The van der Waals surface area contributed by atoms with Crippen LogP contribution in [0.4, 0.5) is 9.18 Å². The molecule has 0 spiro atoms. The molecular weight excluding hydrogens is 525 g/mol. The lowest BCUT2D eigenvalue weighted by Crippen LogP contribution is -2.54. The van der Waals surface area contributed by atoms with Crippen LogP contribution < -0.4 is 15.4 Å². The number of nitrogens with zero attached hydrogens (tertiary/aromatic N) is 3. The number of halogens is 1. The van der Waals surface area contributed by atoms with Crippen molar-refractivity contribution in [2.75, 3.05) is 33.4 Å². The van der Waals surface area contributed by atoms with E-state index in [9.17, 15) is 14.0 Å². The Labute approximate surface area is 240 Å². The molecule has 2 aliphatic rings. The second-order valence-electron chi connectivity index (χ2n) is 10.7. The number of methoxy groups -OCH3 is 1. The molecule has 3 atom stereocenters. The van der Waals surface area contributed by atoms with Crippen LogP contribution in [0.2, 0.25) is 0 Å². The van der Waals surface area contributed by atoms with Crippen molar-refractivity contribution < 1.29 is 23.5 Å². The molecule has 2 aromatic carbocycles. The summed E-state index contributed by atoms with van der Waals surface area (Å²) >= 11 is 0. The number of carbonyl (C=O) groups excluding carboxylic acids is 2. The molecule has 10 heteroatoms. The van der Waals surface area contributed by atoms with Crippen LogP contribution in [0.5, 0.6) is 5.75 Å². The lowest BCUT2D eigenvalue weighted by Gasteiger charge is -2.36. The van der Waals surface area contributed by atoms with Crippen LogP contribution in [0.15, 0.2) is 54.9 Å². The van der Waals surface area contributed by atoms with E-state index < -0.39 is 6.09 Å². The number of carbonyl (C=O) groups is 2. The van der Waals surface area contributed by atoms with Crippen molar-refractivity contribution in [1.29, 1.82) is 0 Å². The molecule has 1 saturated heterocycles. The van der Waals surface area contributed by atoms with Gasteiger partial charge in [-0.25, -0.2) is 14.2 Å². The zero-order valence-corrected chi connectivity index (χ0v) is 23.6. The Morgan fingerprint density at radius 2 is 1.95 bits per heavy atom. The highest BCUT2D eigenvalue weighted by molar-refractivity contribution is 5.98. The quantitative estimate of drug-likeness (QED) is 0.412. The minimum Gasteiger partial charge on any atom is -0.493 e. The van der Waals surface area contributed by atoms with E-state index in [1.165, 1.54) is 13.2 Å². The summed E-state index contributed by atoms with van der Waals surface area (Å²) in [5, 5.41) is 6.38. The van der Waals surface area contributed by atoms with Gasteiger partial charge in [0.25, 0.3) is 5.91 Å². The Bertz CT molecular complexity index is 1350. The Morgan fingerprint density at radius 3 is 2.73 bits per heavy atom. The summed E-state index contributed by atoms with van der Waals surface area (Å²) in [5.41, 5.74) is 2.61. The van der Waals surface area contributed by atoms with E-state index >= 15 is 0 Å². The van der Waals surface area contributed by atoms with Crippen LogP contribution >= 0.6 is 0 Å². The van der Waals surface area contributed by atoms with E-state index in [-0.39, 0.29) is 29.8 Å². The van der Waals surface area contributed by atoms with Gasteiger partial charge in [0.15, 0.2) is 5.69 Å². The number of hydrogen-bond acceptors (Lipinski definition) is 6. The van der Waals surface area contributed by atoms with E-state index in [1.807, 2.05) is 35.2 Å². The lowest BCUT2D eigenvalue weighted by atomic mass is 9.89. The molecule has 1 aliphatic carbocycles. The first-order valence-electron chi connectivity index (χ1n) is 14.3. The van der Waals surface area contributed by atoms with E-state index in [0.29, 0.717) is 49.7 Å². The molecular formula is C31H38FN5O4. The normalized spacial score (nSPS) is 20.9. The second-order valence-corrected chi connectivity index (χ2v) is 10.7. The summed E-state index contributed by atoms with van der Waals surface area (Å²) in [4.78, 5) is 32.9. The predicted octanol–water partition coefficient (Wildman–Crippen LogP) is 4.72. The molecule has 5 rings (SSSR count). The summed E-state index contributed by atoms with van der Waals surface area (Å²) in [7, 11) is 1.37. The van der Waals surface area contributed by atoms with Gasteiger partial charge in [0.05, 0.1) is 37.8 Å². The predicted molar refractivity (Wildman–Crippen MR) is 153 cm³/mol. The number of benzene rings is 2. The Kier molecular flexibility index (Phi) is 9.18. The Hall–Kier alpha value is -3.92. The van der Waals surface area contributed by atoms with Crippen LogP contribution in [0, 0.1) is 12.7 Å². The molecule has 3 aromatic rings. The smallest absolute Gasteiger partial charge is 0.407 e. The molecule has 0 bridgehead atoms. The number of imidazole rings is 1. The molecule has 1 aromatic heterocycles. The van der Waals surface area contributed by atoms with Gasteiger partial charge in [-0.15, -0.1) is 0 Å². The van der Waals surface area contributed by atoms with Gasteiger partial charge in [0.2, 0.25) is 0 Å². The van der Waals surface area contributed by atoms with E-state index in [4.69, 9.17) is 14.5 Å². The van der Waals surface area contributed by atoms with Crippen molar-refractivity contribution in [3.63, 3.8) is 0 Å². The average molecular weight is 564 g/mol. The minimum atomic E-state index is -0.459. The van der Waals surface area contributed by atoms with Gasteiger partial charge in [0, 0.05) is 43.7 Å². The Balaban J connectivity index is 1.40. The monoisotopic (exact) mass is 563 g/mol. The number of hydrogen-bond donors (Lipinski definition) is 2. The number of nitrogens with one attached hydrogen (secondary N) is 2. The van der Waals surface area contributed by atoms with Crippen LogP contribution in [-0.4, -0.2) is 71.9 Å². The van der Waals surface area contributed by atoms with Crippen molar-refractivity contribution in [2.45, 2.75) is 57.2 Å². The van der Waals surface area contributed by atoms with Crippen molar-refractivity contribution in [1.82, 2.24) is 25.1 Å². The number of aryl methyl sites for hydroxylation is 1. The zero-order chi connectivity index (χ0) is 28.8. The Morgan fingerprint density at radius 1 is 1.15 bits per heavy atom. The van der Waals surface area contributed by atoms with Gasteiger partial charge in [-0.05, 0) is 31.4 Å². The molecule has 2 fully saturated rings. The molecule has 9 nitrogen and oxygen atoms in total. The molecule has 1 saturated carbocycles. The molecule has 2 heterocycles. The first-order chi connectivity index (χ1) is 20.0. The highest BCUT2D eigenvalue weighted by Crippen LogP contribution is 2.35.